The second-order valence-electron chi connectivity index (χ2n) is 7.62. The van der Waals surface area contributed by atoms with E-state index in [9.17, 15) is 14.4 Å². The summed E-state index contributed by atoms with van der Waals surface area (Å²) in [6, 6.07) is 24.4. The molecule has 1 aromatic heterocycles. The van der Waals surface area contributed by atoms with E-state index in [1.54, 1.807) is 24.3 Å². The molecule has 0 spiro atoms. The SMILES string of the molecule is N#Cc1ccc(-n2c3ccccc3c3c(C(=O)Nc4ccc(F)cc4N)cccc32)cc1N. The van der Waals surface area contributed by atoms with Crippen LogP contribution in [0.5, 0.6) is 0 Å². The zero-order valence-electron chi connectivity index (χ0n) is 17.3. The van der Waals surface area contributed by atoms with E-state index in [1.807, 2.05) is 41.0 Å². The van der Waals surface area contributed by atoms with E-state index in [-0.39, 0.29) is 11.6 Å². The van der Waals surface area contributed by atoms with Crippen molar-refractivity contribution >= 4 is 44.8 Å². The van der Waals surface area contributed by atoms with Crippen molar-refractivity contribution in [3.63, 3.8) is 0 Å². The lowest BCUT2D eigenvalue weighted by Crippen LogP contribution is -2.13. The Bertz CT molecular complexity index is 1610. The molecule has 160 valence electrons. The fraction of sp³-hybridized carbons (Fsp3) is 0. The van der Waals surface area contributed by atoms with Gasteiger partial charge in [-0.3, -0.25) is 4.79 Å². The number of amides is 1. The van der Waals surface area contributed by atoms with Crippen molar-refractivity contribution in [3.05, 3.63) is 95.8 Å². The van der Waals surface area contributed by atoms with Gasteiger partial charge in [0.05, 0.1) is 33.7 Å². The third-order valence-corrected chi connectivity index (χ3v) is 5.62. The first-order valence-corrected chi connectivity index (χ1v) is 10.2. The number of nitrogens with zero attached hydrogens (tertiary/aromatic N) is 2. The Morgan fingerprint density at radius 1 is 0.909 bits per heavy atom. The highest BCUT2D eigenvalue weighted by Crippen LogP contribution is 2.35. The third kappa shape index (κ3) is 3.30. The number of para-hydroxylation sites is 1. The van der Waals surface area contributed by atoms with E-state index in [0.29, 0.717) is 22.5 Å². The highest BCUT2D eigenvalue weighted by atomic mass is 19.1. The lowest BCUT2D eigenvalue weighted by molar-refractivity contribution is 0.102. The number of benzene rings is 4. The number of rotatable bonds is 3. The normalized spacial score (nSPS) is 10.9. The molecule has 0 saturated heterocycles. The van der Waals surface area contributed by atoms with Crippen LogP contribution in [0.25, 0.3) is 27.5 Å². The minimum atomic E-state index is -0.475. The van der Waals surface area contributed by atoms with Crippen LogP contribution in [-0.4, -0.2) is 10.5 Å². The van der Waals surface area contributed by atoms with Crippen molar-refractivity contribution in [1.29, 1.82) is 5.26 Å². The van der Waals surface area contributed by atoms with Crippen molar-refractivity contribution in [3.8, 4) is 11.8 Å². The maximum atomic E-state index is 13.4. The van der Waals surface area contributed by atoms with E-state index >= 15 is 0 Å². The molecule has 33 heavy (non-hydrogen) atoms. The summed E-state index contributed by atoms with van der Waals surface area (Å²) < 4.78 is 15.4. The van der Waals surface area contributed by atoms with Gasteiger partial charge in [-0.15, -0.1) is 0 Å². The second kappa shape index (κ2) is 7.70. The van der Waals surface area contributed by atoms with Crippen LogP contribution in [0.3, 0.4) is 0 Å². The number of nitrogens with two attached hydrogens (primary N) is 2. The Morgan fingerprint density at radius 2 is 1.70 bits per heavy atom. The molecule has 0 aliphatic carbocycles. The molecule has 5 aromatic rings. The van der Waals surface area contributed by atoms with Gasteiger partial charge in [0.2, 0.25) is 0 Å². The number of carbonyl (C=O) groups is 1. The first-order chi connectivity index (χ1) is 16.0. The van der Waals surface area contributed by atoms with Gasteiger partial charge in [0.25, 0.3) is 5.91 Å². The van der Waals surface area contributed by atoms with Crippen molar-refractivity contribution in [1.82, 2.24) is 4.57 Å². The minimum Gasteiger partial charge on any atom is -0.398 e. The largest absolute Gasteiger partial charge is 0.398 e. The molecular weight excluding hydrogens is 417 g/mol. The highest BCUT2D eigenvalue weighted by molar-refractivity contribution is 6.21. The molecule has 5 N–H and O–H groups in total. The summed E-state index contributed by atoms with van der Waals surface area (Å²) >= 11 is 0. The van der Waals surface area contributed by atoms with Gasteiger partial charge in [0.1, 0.15) is 11.9 Å². The average Bonchev–Trinajstić information content (AvgIpc) is 3.15. The van der Waals surface area contributed by atoms with Gasteiger partial charge < -0.3 is 21.4 Å². The zero-order valence-corrected chi connectivity index (χ0v) is 17.3. The topological polar surface area (TPSA) is 110 Å². The molecule has 1 heterocycles. The molecule has 0 bridgehead atoms. The number of carbonyl (C=O) groups excluding carboxylic acids is 1. The Balaban J connectivity index is 1.72. The number of nitrogen functional groups attached to an aromatic ring is 2. The van der Waals surface area contributed by atoms with Crippen LogP contribution in [0.15, 0.2) is 78.9 Å². The first-order valence-electron chi connectivity index (χ1n) is 10.2. The van der Waals surface area contributed by atoms with Gasteiger partial charge in [0, 0.05) is 22.0 Å². The van der Waals surface area contributed by atoms with Gasteiger partial charge in [-0.2, -0.15) is 5.26 Å². The minimum absolute atomic E-state index is 0.144. The lowest BCUT2D eigenvalue weighted by Gasteiger charge is -2.11. The third-order valence-electron chi connectivity index (χ3n) is 5.62. The standard InChI is InChI=1S/C26H18FN5O/c27-16-9-11-22(21(30)12-16)31-26(33)19-5-3-7-24-25(19)18-4-1-2-6-23(18)32(24)17-10-8-15(14-28)20(29)13-17/h1-13H,29-30H2,(H,31,33). The number of nitrogens with one attached hydrogen (secondary N) is 1. The van der Waals surface area contributed by atoms with Gasteiger partial charge in [-0.05, 0) is 54.6 Å². The summed E-state index contributed by atoms with van der Waals surface area (Å²) in [5.41, 5.74) is 16.1. The second-order valence-corrected chi connectivity index (χ2v) is 7.62. The monoisotopic (exact) mass is 435 g/mol. The first kappa shape index (κ1) is 20.1. The molecule has 0 unspecified atom stereocenters. The molecule has 0 aliphatic heterocycles. The molecule has 0 saturated carbocycles. The van der Waals surface area contributed by atoms with Gasteiger partial charge in [-0.1, -0.05) is 24.3 Å². The Morgan fingerprint density at radius 3 is 2.45 bits per heavy atom. The molecule has 0 radical (unpaired) electrons. The summed E-state index contributed by atoms with van der Waals surface area (Å²) in [6.07, 6.45) is 0. The van der Waals surface area contributed by atoms with Crippen LogP contribution in [0, 0.1) is 17.1 Å². The molecule has 7 heteroatoms. The lowest BCUT2D eigenvalue weighted by atomic mass is 10.1. The number of anilines is 3. The Labute approximate surface area is 188 Å². The molecule has 5 rings (SSSR count). The fourth-order valence-corrected chi connectivity index (χ4v) is 4.11. The van der Waals surface area contributed by atoms with Crippen molar-refractivity contribution < 1.29 is 9.18 Å². The maximum Gasteiger partial charge on any atom is 0.256 e. The van der Waals surface area contributed by atoms with Gasteiger partial charge in [0.15, 0.2) is 0 Å². The number of halogens is 1. The fourth-order valence-electron chi connectivity index (χ4n) is 4.11. The summed E-state index contributed by atoms with van der Waals surface area (Å²) in [4.78, 5) is 13.3. The van der Waals surface area contributed by atoms with Crippen LogP contribution >= 0.6 is 0 Å². The van der Waals surface area contributed by atoms with Crippen LogP contribution < -0.4 is 16.8 Å². The predicted molar refractivity (Wildman–Crippen MR) is 129 cm³/mol. The molecule has 4 aromatic carbocycles. The van der Waals surface area contributed by atoms with E-state index < -0.39 is 5.82 Å². The average molecular weight is 435 g/mol. The molecule has 0 atom stereocenters. The Hall–Kier alpha value is -4.83. The van der Waals surface area contributed by atoms with Crippen molar-refractivity contribution in [2.24, 2.45) is 0 Å². The van der Waals surface area contributed by atoms with Gasteiger partial charge >= 0.3 is 0 Å². The van der Waals surface area contributed by atoms with Crippen molar-refractivity contribution in [2.45, 2.75) is 0 Å². The van der Waals surface area contributed by atoms with E-state index in [1.165, 1.54) is 12.1 Å². The molecule has 0 fully saturated rings. The van der Waals surface area contributed by atoms with E-state index in [0.717, 1.165) is 33.6 Å². The van der Waals surface area contributed by atoms with Crippen LogP contribution in [-0.2, 0) is 0 Å². The van der Waals surface area contributed by atoms with Crippen LogP contribution in [0.1, 0.15) is 15.9 Å². The summed E-state index contributed by atoms with van der Waals surface area (Å²) in [7, 11) is 0. The summed E-state index contributed by atoms with van der Waals surface area (Å²) in [5, 5.41) is 13.7. The number of nitriles is 1. The summed E-state index contributed by atoms with van der Waals surface area (Å²) in [5.74, 6) is -0.835. The van der Waals surface area contributed by atoms with Crippen LogP contribution in [0.4, 0.5) is 21.5 Å². The number of fused-ring (bicyclic) bond motifs is 3. The predicted octanol–water partition coefficient (Wildman–Crippen LogP) is 5.21. The smallest absolute Gasteiger partial charge is 0.256 e. The molecule has 6 nitrogen and oxygen atoms in total. The van der Waals surface area contributed by atoms with Crippen LogP contribution in [0.2, 0.25) is 0 Å². The Kier molecular flexibility index (Phi) is 4.69. The van der Waals surface area contributed by atoms with Gasteiger partial charge in [-0.25, -0.2) is 4.39 Å². The van der Waals surface area contributed by atoms with E-state index in [2.05, 4.69) is 11.4 Å². The molecule has 0 aliphatic rings. The molecule has 1 amide bonds. The highest BCUT2D eigenvalue weighted by Gasteiger charge is 2.19. The number of hydrogen-bond acceptors (Lipinski definition) is 4. The van der Waals surface area contributed by atoms with Crippen molar-refractivity contribution in [2.75, 3.05) is 16.8 Å². The maximum absolute atomic E-state index is 13.4. The zero-order chi connectivity index (χ0) is 23.1. The van der Waals surface area contributed by atoms with E-state index in [4.69, 9.17) is 11.5 Å². The summed E-state index contributed by atoms with van der Waals surface area (Å²) in [6.45, 7) is 0. The molecular formula is C26H18FN5O. The quantitative estimate of drug-likeness (QED) is 0.338. The number of aromatic nitrogens is 1. The number of hydrogen-bond donors (Lipinski definition) is 3.